The van der Waals surface area contributed by atoms with Crippen LogP contribution in [-0.2, 0) is 4.79 Å². The second-order valence-corrected chi connectivity index (χ2v) is 6.84. The number of hydrogen-bond donors (Lipinski definition) is 2. The molecule has 3 N–H and O–H groups in total. The standard InChI is InChI=1S/C14H23NO2/c1-8-9-3-4-10-13(8,2)11(5-9)14(10,7-15)6-12(16)17/h8-11H,3-7,15H2,1-2H3,(H,16,17)/t8-,9+,10?,11-,13-,14-/m0/s1. The van der Waals surface area contributed by atoms with Gasteiger partial charge in [0, 0.05) is 0 Å². The Balaban J connectivity index is 1.98. The van der Waals surface area contributed by atoms with Crippen LogP contribution in [0, 0.1) is 34.5 Å². The van der Waals surface area contributed by atoms with E-state index in [2.05, 4.69) is 13.8 Å². The summed E-state index contributed by atoms with van der Waals surface area (Å²) in [5.74, 6) is 2.03. The molecule has 2 bridgehead atoms. The first-order valence-electron chi connectivity index (χ1n) is 6.88. The van der Waals surface area contributed by atoms with Gasteiger partial charge < -0.3 is 10.8 Å². The first kappa shape index (κ1) is 11.5. The second kappa shape index (κ2) is 3.25. The molecule has 0 spiro atoms. The van der Waals surface area contributed by atoms with E-state index in [9.17, 15) is 9.90 Å². The van der Waals surface area contributed by atoms with Gasteiger partial charge in [0.15, 0.2) is 0 Å². The fourth-order valence-electron chi connectivity index (χ4n) is 6.00. The highest BCUT2D eigenvalue weighted by atomic mass is 16.4. The van der Waals surface area contributed by atoms with Gasteiger partial charge >= 0.3 is 5.97 Å². The zero-order valence-electron chi connectivity index (χ0n) is 10.8. The molecule has 0 aromatic rings. The summed E-state index contributed by atoms with van der Waals surface area (Å²) in [4.78, 5) is 11.2. The predicted octanol–water partition coefficient (Wildman–Crippen LogP) is 2.11. The molecule has 3 heteroatoms. The first-order chi connectivity index (χ1) is 7.96. The van der Waals surface area contributed by atoms with E-state index in [1.54, 1.807) is 0 Å². The number of carboxylic acids is 1. The van der Waals surface area contributed by atoms with Crippen LogP contribution >= 0.6 is 0 Å². The lowest BCUT2D eigenvalue weighted by Crippen LogP contribution is -2.66. The third-order valence-corrected chi connectivity index (χ3v) is 6.80. The molecule has 0 radical (unpaired) electrons. The topological polar surface area (TPSA) is 63.3 Å². The smallest absolute Gasteiger partial charge is 0.303 e. The molecule has 6 atom stereocenters. The third-order valence-electron chi connectivity index (χ3n) is 6.80. The SMILES string of the molecule is C[C@H]1[C@@H]2CCC3[C@@](CN)(CC(=O)O)[C@@H](C2)[C@]31C. The molecule has 0 amide bonds. The van der Waals surface area contributed by atoms with Crippen molar-refractivity contribution in [1.82, 2.24) is 0 Å². The molecule has 3 aliphatic rings. The summed E-state index contributed by atoms with van der Waals surface area (Å²) in [5, 5.41) is 9.19. The van der Waals surface area contributed by atoms with Gasteiger partial charge in [0.2, 0.25) is 0 Å². The molecule has 3 nitrogen and oxygen atoms in total. The Morgan fingerprint density at radius 2 is 2.12 bits per heavy atom. The van der Waals surface area contributed by atoms with Crippen LogP contribution in [-0.4, -0.2) is 17.6 Å². The molecule has 1 unspecified atom stereocenters. The number of hydrogen-bond acceptors (Lipinski definition) is 2. The zero-order valence-corrected chi connectivity index (χ0v) is 10.8. The lowest BCUT2D eigenvalue weighted by molar-refractivity contribution is -0.206. The van der Waals surface area contributed by atoms with Gasteiger partial charge in [-0.15, -0.1) is 0 Å². The van der Waals surface area contributed by atoms with Gasteiger partial charge in [0.1, 0.15) is 0 Å². The van der Waals surface area contributed by atoms with Gasteiger partial charge in [0.05, 0.1) is 6.42 Å². The molecule has 3 saturated carbocycles. The number of rotatable bonds is 3. The molecule has 17 heavy (non-hydrogen) atoms. The average molecular weight is 237 g/mol. The van der Waals surface area contributed by atoms with E-state index in [4.69, 9.17) is 5.73 Å². The largest absolute Gasteiger partial charge is 0.481 e. The molecule has 3 aliphatic carbocycles. The van der Waals surface area contributed by atoms with Crippen LogP contribution in [0.2, 0.25) is 0 Å². The van der Waals surface area contributed by atoms with Crippen LogP contribution in [0.4, 0.5) is 0 Å². The van der Waals surface area contributed by atoms with Crippen molar-refractivity contribution in [3.8, 4) is 0 Å². The minimum atomic E-state index is -0.666. The Morgan fingerprint density at radius 1 is 1.41 bits per heavy atom. The molecule has 96 valence electrons. The molecule has 3 fully saturated rings. The minimum Gasteiger partial charge on any atom is -0.481 e. The van der Waals surface area contributed by atoms with E-state index < -0.39 is 5.97 Å². The van der Waals surface area contributed by atoms with E-state index in [0.29, 0.717) is 23.8 Å². The van der Waals surface area contributed by atoms with Crippen molar-refractivity contribution in [2.24, 2.45) is 40.2 Å². The Labute approximate surface area is 103 Å². The maximum Gasteiger partial charge on any atom is 0.303 e. The van der Waals surface area contributed by atoms with E-state index in [0.717, 1.165) is 11.8 Å². The summed E-state index contributed by atoms with van der Waals surface area (Å²) >= 11 is 0. The maximum atomic E-state index is 11.2. The van der Waals surface area contributed by atoms with Crippen molar-refractivity contribution in [3.05, 3.63) is 0 Å². The highest BCUT2D eigenvalue weighted by Crippen LogP contribution is 2.78. The lowest BCUT2D eigenvalue weighted by Gasteiger charge is -2.68. The molecule has 0 aromatic carbocycles. The van der Waals surface area contributed by atoms with Crippen LogP contribution in [0.15, 0.2) is 0 Å². The zero-order chi connectivity index (χ0) is 12.4. The van der Waals surface area contributed by atoms with Gasteiger partial charge in [-0.3, -0.25) is 4.79 Å². The summed E-state index contributed by atoms with van der Waals surface area (Å²) in [6.07, 6.45) is 4.00. The van der Waals surface area contributed by atoms with Gasteiger partial charge in [-0.1, -0.05) is 13.8 Å². The Bertz CT molecular complexity index is 359. The summed E-state index contributed by atoms with van der Waals surface area (Å²) < 4.78 is 0. The van der Waals surface area contributed by atoms with Crippen molar-refractivity contribution in [3.63, 3.8) is 0 Å². The number of aliphatic carboxylic acids is 1. The highest BCUT2D eigenvalue weighted by molar-refractivity contribution is 5.68. The molecule has 0 heterocycles. The second-order valence-electron chi connectivity index (χ2n) is 6.84. The van der Waals surface area contributed by atoms with Gasteiger partial charge in [-0.25, -0.2) is 0 Å². The van der Waals surface area contributed by atoms with E-state index in [1.165, 1.54) is 19.3 Å². The van der Waals surface area contributed by atoms with Crippen LogP contribution in [0.25, 0.3) is 0 Å². The van der Waals surface area contributed by atoms with Gasteiger partial charge in [-0.2, -0.15) is 0 Å². The Hall–Kier alpha value is -0.570. The molecule has 3 rings (SSSR count). The average Bonchev–Trinajstić information content (AvgIpc) is 2.48. The fourth-order valence-corrected chi connectivity index (χ4v) is 6.00. The Morgan fingerprint density at radius 3 is 2.71 bits per heavy atom. The normalized spacial score (nSPS) is 55.5. The summed E-state index contributed by atoms with van der Waals surface area (Å²) in [6, 6.07) is 0. The highest BCUT2D eigenvalue weighted by Gasteiger charge is 2.74. The van der Waals surface area contributed by atoms with Gasteiger partial charge in [-0.05, 0) is 60.3 Å². The fraction of sp³-hybridized carbons (Fsp3) is 0.929. The van der Waals surface area contributed by atoms with Crippen LogP contribution in [0.3, 0.4) is 0 Å². The summed E-state index contributed by atoms with van der Waals surface area (Å²) in [5.41, 5.74) is 6.30. The molecule has 0 aromatic heterocycles. The van der Waals surface area contributed by atoms with Crippen LogP contribution in [0.1, 0.15) is 39.5 Å². The van der Waals surface area contributed by atoms with Gasteiger partial charge in [0.25, 0.3) is 0 Å². The predicted molar refractivity (Wildman–Crippen MR) is 65.3 cm³/mol. The number of carboxylic acid groups (broad SMARTS) is 1. The molecular formula is C14H23NO2. The van der Waals surface area contributed by atoms with Crippen molar-refractivity contribution in [2.45, 2.75) is 39.5 Å². The van der Waals surface area contributed by atoms with E-state index >= 15 is 0 Å². The third kappa shape index (κ3) is 1.09. The van der Waals surface area contributed by atoms with Crippen molar-refractivity contribution < 1.29 is 9.90 Å². The number of carbonyl (C=O) groups is 1. The van der Waals surface area contributed by atoms with Crippen molar-refractivity contribution in [2.75, 3.05) is 6.54 Å². The molecule has 0 saturated heterocycles. The number of nitrogens with two attached hydrogens (primary N) is 1. The Kier molecular flexibility index (Phi) is 2.20. The van der Waals surface area contributed by atoms with E-state index in [1.807, 2.05) is 0 Å². The van der Waals surface area contributed by atoms with Crippen molar-refractivity contribution >= 4 is 5.97 Å². The summed E-state index contributed by atoms with van der Waals surface area (Å²) in [7, 11) is 0. The molecule has 0 aliphatic heterocycles. The lowest BCUT2D eigenvalue weighted by atomic mass is 9.36. The number of fused-ring (bicyclic) bond motifs is 1. The summed E-state index contributed by atoms with van der Waals surface area (Å²) in [6.45, 7) is 5.32. The monoisotopic (exact) mass is 237 g/mol. The van der Waals surface area contributed by atoms with Crippen molar-refractivity contribution in [1.29, 1.82) is 0 Å². The van der Waals surface area contributed by atoms with E-state index in [-0.39, 0.29) is 11.8 Å². The first-order valence-corrected chi connectivity index (χ1v) is 6.88. The quantitative estimate of drug-likeness (QED) is 0.790. The molecular weight excluding hydrogens is 214 g/mol. The minimum absolute atomic E-state index is 0.0832. The van der Waals surface area contributed by atoms with Crippen LogP contribution in [0.5, 0.6) is 0 Å². The maximum absolute atomic E-state index is 11.2. The van der Waals surface area contributed by atoms with Crippen LogP contribution < -0.4 is 5.73 Å².